The van der Waals surface area contributed by atoms with Crippen LogP contribution in [0.1, 0.15) is 30.7 Å². The highest BCUT2D eigenvalue weighted by molar-refractivity contribution is 7.18. The predicted octanol–water partition coefficient (Wildman–Crippen LogP) is 3.16. The van der Waals surface area contributed by atoms with Crippen molar-refractivity contribution in [1.82, 2.24) is 14.9 Å². The number of benzene rings is 1. The van der Waals surface area contributed by atoms with Crippen molar-refractivity contribution >= 4 is 27.5 Å². The number of rotatable bonds is 7. The normalized spacial score (nSPS) is 12.2. The molecule has 0 fully saturated rings. The monoisotopic (exact) mass is 369 g/mol. The van der Waals surface area contributed by atoms with E-state index in [-0.39, 0.29) is 24.1 Å². The second-order valence-corrected chi connectivity index (χ2v) is 7.57. The van der Waals surface area contributed by atoms with Crippen LogP contribution in [0.2, 0.25) is 0 Å². The summed E-state index contributed by atoms with van der Waals surface area (Å²) < 4.78 is 1.38. The maximum atomic E-state index is 12.5. The highest BCUT2D eigenvalue weighted by atomic mass is 32.1. The first-order valence-corrected chi connectivity index (χ1v) is 9.69. The van der Waals surface area contributed by atoms with Gasteiger partial charge in [-0.25, -0.2) is 4.98 Å². The van der Waals surface area contributed by atoms with Gasteiger partial charge in [0.25, 0.3) is 5.56 Å². The van der Waals surface area contributed by atoms with Crippen LogP contribution in [-0.4, -0.2) is 21.5 Å². The molecule has 2 aromatic heterocycles. The number of carbonyl (C=O) groups is 1. The Hall–Kier alpha value is -2.47. The van der Waals surface area contributed by atoms with Crippen LogP contribution in [0, 0.1) is 0 Å². The van der Waals surface area contributed by atoms with Crippen LogP contribution < -0.4 is 10.9 Å². The molecule has 0 bridgehead atoms. The molecule has 0 aliphatic heterocycles. The molecule has 0 radical (unpaired) electrons. The van der Waals surface area contributed by atoms with Gasteiger partial charge in [0.05, 0.1) is 11.7 Å². The van der Waals surface area contributed by atoms with Crippen LogP contribution in [-0.2, 0) is 24.2 Å². The van der Waals surface area contributed by atoms with Gasteiger partial charge in [0.2, 0.25) is 5.91 Å². The number of aromatic nitrogens is 2. The minimum Gasteiger partial charge on any atom is -0.352 e. The first kappa shape index (κ1) is 18.3. The fourth-order valence-corrected chi connectivity index (χ4v) is 3.80. The third kappa shape index (κ3) is 4.38. The van der Waals surface area contributed by atoms with Crippen molar-refractivity contribution < 1.29 is 4.79 Å². The van der Waals surface area contributed by atoms with Gasteiger partial charge < -0.3 is 5.32 Å². The van der Waals surface area contributed by atoms with E-state index in [4.69, 9.17) is 0 Å². The first-order chi connectivity index (χ1) is 12.6. The zero-order valence-electron chi connectivity index (χ0n) is 15.1. The molecule has 0 spiro atoms. The van der Waals surface area contributed by atoms with Gasteiger partial charge in [0.15, 0.2) is 0 Å². The fraction of sp³-hybridized carbons (Fsp3) is 0.350. The van der Waals surface area contributed by atoms with E-state index in [1.54, 1.807) is 0 Å². The molecule has 6 heteroatoms. The molecule has 5 nitrogen and oxygen atoms in total. The Kier molecular flexibility index (Phi) is 5.83. The Bertz CT molecular complexity index is 947. The largest absolute Gasteiger partial charge is 0.352 e. The maximum absolute atomic E-state index is 12.5. The van der Waals surface area contributed by atoms with Crippen LogP contribution in [0.15, 0.2) is 47.5 Å². The number of nitrogens with zero attached hydrogens (tertiary/aromatic N) is 2. The van der Waals surface area contributed by atoms with E-state index < -0.39 is 0 Å². The van der Waals surface area contributed by atoms with E-state index in [0.29, 0.717) is 5.39 Å². The summed E-state index contributed by atoms with van der Waals surface area (Å²) in [5.74, 6) is -0.167. The van der Waals surface area contributed by atoms with Crippen LogP contribution in [0.5, 0.6) is 0 Å². The van der Waals surface area contributed by atoms with Crippen LogP contribution >= 0.6 is 11.3 Å². The molecular weight excluding hydrogens is 346 g/mol. The van der Waals surface area contributed by atoms with Crippen molar-refractivity contribution in [2.24, 2.45) is 0 Å². The summed E-state index contributed by atoms with van der Waals surface area (Å²) in [5, 5.41) is 3.56. The molecule has 136 valence electrons. The first-order valence-electron chi connectivity index (χ1n) is 8.88. The number of fused-ring (bicyclic) bond motifs is 1. The summed E-state index contributed by atoms with van der Waals surface area (Å²) in [7, 11) is 0. The van der Waals surface area contributed by atoms with E-state index in [2.05, 4.69) is 22.4 Å². The number of hydrogen-bond acceptors (Lipinski definition) is 4. The lowest BCUT2D eigenvalue weighted by Gasteiger charge is -2.14. The number of nitrogens with one attached hydrogen (secondary N) is 1. The van der Waals surface area contributed by atoms with Crippen molar-refractivity contribution in [2.45, 2.75) is 45.7 Å². The van der Waals surface area contributed by atoms with Gasteiger partial charge in [0, 0.05) is 10.9 Å². The molecule has 0 aliphatic carbocycles. The highest BCUT2D eigenvalue weighted by Crippen LogP contribution is 2.20. The Morgan fingerprint density at radius 3 is 2.81 bits per heavy atom. The lowest BCUT2D eigenvalue weighted by molar-refractivity contribution is -0.122. The van der Waals surface area contributed by atoms with Gasteiger partial charge in [-0.3, -0.25) is 14.2 Å². The number of hydrogen-bond donors (Lipinski definition) is 1. The summed E-state index contributed by atoms with van der Waals surface area (Å²) in [6, 6.07) is 12.1. The number of carbonyl (C=O) groups excluding carboxylic acids is 1. The minimum atomic E-state index is -0.167. The number of thiophene rings is 1. The van der Waals surface area contributed by atoms with E-state index >= 15 is 0 Å². The third-order valence-electron chi connectivity index (χ3n) is 4.35. The molecule has 1 N–H and O–H groups in total. The molecule has 1 atom stereocenters. The maximum Gasteiger partial charge on any atom is 0.262 e. The van der Waals surface area contributed by atoms with Crippen molar-refractivity contribution in [3.63, 3.8) is 0 Å². The summed E-state index contributed by atoms with van der Waals surface area (Å²) in [5.41, 5.74) is 1.10. The second-order valence-electron chi connectivity index (χ2n) is 6.46. The average Bonchev–Trinajstić information content (AvgIpc) is 3.07. The van der Waals surface area contributed by atoms with Crippen molar-refractivity contribution in [3.05, 3.63) is 63.5 Å². The summed E-state index contributed by atoms with van der Waals surface area (Å²) in [6.45, 7) is 4.03. The number of amides is 1. The van der Waals surface area contributed by atoms with Crippen LogP contribution in [0.3, 0.4) is 0 Å². The Morgan fingerprint density at radius 2 is 2.08 bits per heavy atom. The van der Waals surface area contributed by atoms with Crippen molar-refractivity contribution in [2.75, 3.05) is 0 Å². The smallest absolute Gasteiger partial charge is 0.262 e. The molecule has 2 heterocycles. The summed E-state index contributed by atoms with van der Waals surface area (Å²) in [6.07, 6.45) is 4.10. The molecule has 0 aliphatic rings. The van der Waals surface area contributed by atoms with E-state index in [1.807, 2.05) is 38.1 Å². The quantitative estimate of drug-likeness (QED) is 0.696. The second kappa shape index (κ2) is 8.27. The standard InChI is InChI=1S/C20H23N3O2S/c1-3-16-11-17-19(26-16)21-13-23(20(17)25)12-18(24)22-14(2)9-10-15-7-5-4-6-8-15/h4-8,11,13-14H,3,9-10,12H2,1-2H3,(H,22,24). The predicted molar refractivity (Wildman–Crippen MR) is 106 cm³/mol. The average molecular weight is 369 g/mol. The Labute approximate surface area is 156 Å². The zero-order chi connectivity index (χ0) is 18.5. The minimum absolute atomic E-state index is 0.00520. The molecular formula is C20H23N3O2S. The lowest BCUT2D eigenvalue weighted by Crippen LogP contribution is -2.37. The third-order valence-corrected chi connectivity index (χ3v) is 5.54. The van der Waals surface area contributed by atoms with Crippen LogP contribution in [0.4, 0.5) is 0 Å². The van der Waals surface area contributed by atoms with E-state index in [9.17, 15) is 9.59 Å². The molecule has 1 unspecified atom stereocenters. The van der Waals surface area contributed by atoms with Gasteiger partial charge in [-0.2, -0.15) is 0 Å². The van der Waals surface area contributed by atoms with E-state index in [1.165, 1.54) is 27.8 Å². The zero-order valence-corrected chi connectivity index (χ0v) is 15.9. The molecule has 1 aromatic carbocycles. The SMILES string of the molecule is CCc1cc2c(=O)n(CC(=O)NC(C)CCc3ccccc3)cnc2s1. The highest BCUT2D eigenvalue weighted by Gasteiger charge is 2.12. The van der Waals surface area contributed by atoms with Gasteiger partial charge in [-0.05, 0) is 37.8 Å². The van der Waals surface area contributed by atoms with Crippen molar-refractivity contribution in [3.8, 4) is 0 Å². The topological polar surface area (TPSA) is 64.0 Å². The van der Waals surface area contributed by atoms with Gasteiger partial charge >= 0.3 is 0 Å². The molecule has 26 heavy (non-hydrogen) atoms. The molecule has 3 aromatic rings. The lowest BCUT2D eigenvalue weighted by atomic mass is 10.1. The van der Waals surface area contributed by atoms with Gasteiger partial charge in [-0.1, -0.05) is 37.3 Å². The van der Waals surface area contributed by atoms with E-state index in [0.717, 1.165) is 29.0 Å². The Balaban J connectivity index is 1.60. The fourth-order valence-electron chi connectivity index (χ4n) is 2.87. The van der Waals surface area contributed by atoms with Crippen molar-refractivity contribution in [1.29, 1.82) is 0 Å². The summed E-state index contributed by atoms with van der Waals surface area (Å²) >= 11 is 1.53. The summed E-state index contributed by atoms with van der Waals surface area (Å²) in [4.78, 5) is 31.0. The van der Waals surface area contributed by atoms with Crippen LogP contribution in [0.25, 0.3) is 10.2 Å². The molecule has 1 amide bonds. The number of aryl methyl sites for hydroxylation is 2. The molecule has 0 saturated heterocycles. The molecule has 3 rings (SSSR count). The van der Waals surface area contributed by atoms with Gasteiger partial charge in [-0.15, -0.1) is 11.3 Å². The Morgan fingerprint density at radius 1 is 1.31 bits per heavy atom. The van der Waals surface area contributed by atoms with Gasteiger partial charge in [0.1, 0.15) is 11.4 Å². The molecule has 0 saturated carbocycles.